The number of anilines is 3. The lowest BCUT2D eigenvalue weighted by Gasteiger charge is -2.32. The Kier molecular flexibility index (Phi) is 11.0. The van der Waals surface area contributed by atoms with Gasteiger partial charge in [-0.05, 0) is 72.3 Å². The van der Waals surface area contributed by atoms with E-state index in [-0.39, 0.29) is 52.0 Å². The molecule has 1 fully saturated rings. The fourth-order valence-electron chi connectivity index (χ4n) is 5.95. The van der Waals surface area contributed by atoms with Crippen LogP contribution in [0.2, 0.25) is 0 Å². The molecule has 13 nitrogen and oxygen atoms in total. The van der Waals surface area contributed by atoms with Crippen molar-refractivity contribution in [2.45, 2.75) is 42.9 Å². The van der Waals surface area contributed by atoms with Gasteiger partial charge in [0.15, 0.2) is 21.4 Å². The first-order valence-electron chi connectivity index (χ1n) is 15.8. The van der Waals surface area contributed by atoms with Gasteiger partial charge in [-0.3, -0.25) is 4.79 Å². The molecule has 1 aromatic heterocycles. The van der Waals surface area contributed by atoms with Crippen molar-refractivity contribution in [1.82, 2.24) is 9.88 Å². The second kappa shape index (κ2) is 15.1. The number of aromatic nitrogens is 1. The first-order valence-corrected chi connectivity index (χ1v) is 17.4. The van der Waals surface area contributed by atoms with E-state index in [9.17, 15) is 40.4 Å². The fourth-order valence-corrected chi connectivity index (χ4v) is 7.09. The highest BCUT2D eigenvalue weighted by molar-refractivity contribution is 7.91. The lowest BCUT2D eigenvalue weighted by Crippen LogP contribution is -2.39. The Morgan fingerprint density at radius 3 is 2.45 bits per heavy atom. The summed E-state index contributed by atoms with van der Waals surface area (Å²) in [5.74, 6) is -6.32. The van der Waals surface area contributed by atoms with Crippen molar-refractivity contribution < 1.29 is 59.1 Å². The zero-order chi connectivity index (χ0) is 38.8. The van der Waals surface area contributed by atoms with Crippen LogP contribution in [0.5, 0.6) is 5.75 Å². The number of hydrogen-bond donors (Lipinski definition) is 2. The van der Waals surface area contributed by atoms with Crippen molar-refractivity contribution in [3.8, 4) is 5.75 Å². The van der Waals surface area contributed by atoms with Crippen molar-refractivity contribution >= 4 is 55.8 Å². The van der Waals surface area contributed by atoms with Gasteiger partial charge in [0.25, 0.3) is 0 Å². The molecule has 1 aliphatic heterocycles. The number of hydroxylamine groups is 1. The number of likely N-dealkylation sites (tertiary alicyclic amines) is 1. The normalized spacial score (nSPS) is 15.2. The number of amides is 2. The van der Waals surface area contributed by atoms with Gasteiger partial charge in [0.05, 0.1) is 36.6 Å². The van der Waals surface area contributed by atoms with Gasteiger partial charge in [-0.2, -0.15) is 13.2 Å². The standard InChI is InChI=1S/C34H32F5N5O8S/c1-4-53(48,49)28-10-8-20(44(33(47)51-3)52-32(46)34(37,38)39)15-23(28)26-6-5-13-43(26)31(45)29(22-16-27(50-2)25(36)17-24(22)35)42-19-7-9-21-18(14-19)11-12-41-30(21)40/h7-12,14-17,26,29,42H,4-6,13H2,1-3H3,(H2,40,41)/t26-,29+/m1/s1. The van der Waals surface area contributed by atoms with Crippen molar-refractivity contribution in [2.24, 2.45) is 0 Å². The number of pyridine rings is 1. The molecule has 5 rings (SSSR count). The van der Waals surface area contributed by atoms with Crippen LogP contribution in [0.15, 0.2) is 65.7 Å². The number of halogens is 5. The molecule has 19 heteroatoms. The molecule has 282 valence electrons. The van der Waals surface area contributed by atoms with E-state index in [0.717, 1.165) is 38.5 Å². The Hall–Kier alpha value is -5.72. The number of rotatable bonds is 9. The number of carbonyl (C=O) groups is 3. The zero-order valence-corrected chi connectivity index (χ0v) is 29.1. The maximum Gasteiger partial charge on any atom is 0.493 e. The maximum atomic E-state index is 15.6. The molecule has 1 aliphatic rings. The zero-order valence-electron chi connectivity index (χ0n) is 28.2. The van der Waals surface area contributed by atoms with Crippen LogP contribution in [-0.4, -0.2) is 69.0 Å². The molecule has 0 spiro atoms. The van der Waals surface area contributed by atoms with Crippen LogP contribution in [0.3, 0.4) is 0 Å². The van der Waals surface area contributed by atoms with Gasteiger partial charge in [-0.1, -0.05) is 6.92 Å². The van der Waals surface area contributed by atoms with Crippen LogP contribution in [0.1, 0.15) is 43.0 Å². The summed E-state index contributed by atoms with van der Waals surface area (Å²) in [6, 6.07) is 8.19. The predicted octanol–water partition coefficient (Wildman–Crippen LogP) is 6.01. The summed E-state index contributed by atoms with van der Waals surface area (Å²) in [6.07, 6.45) is -5.24. The van der Waals surface area contributed by atoms with Gasteiger partial charge in [0.1, 0.15) is 17.7 Å². The highest BCUT2D eigenvalue weighted by Crippen LogP contribution is 2.41. The summed E-state index contributed by atoms with van der Waals surface area (Å²) >= 11 is 0. The summed E-state index contributed by atoms with van der Waals surface area (Å²) in [5, 5.41) is 4.08. The van der Waals surface area contributed by atoms with E-state index in [1.807, 2.05) is 0 Å². The quantitative estimate of drug-likeness (QED) is 0.151. The van der Waals surface area contributed by atoms with Crippen molar-refractivity contribution in [3.05, 3.63) is 83.6 Å². The summed E-state index contributed by atoms with van der Waals surface area (Å²) in [4.78, 5) is 48.2. The largest absolute Gasteiger partial charge is 0.494 e. The van der Waals surface area contributed by atoms with Gasteiger partial charge in [-0.25, -0.2) is 31.8 Å². The van der Waals surface area contributed by atoms with Crippen LogP contribution >= 0.6 is 0 Å². The van der Waals surface area contributed by atoms with E-state index in [1.54, 1.807) is 24.3 Å². The van der Waals surface area contributed by atoms with Crippen LogP contribution in [0.4, 0.5) is 43.9 Å². The molecule has 0 bridgehead atoms. The Bertz CT molecular complexity index is 2190. The number of fused-ring (bicyclic) bond motifs is 1. The smallest absolute Gasteiger partial charge is 0.493 e. The molecule has 0 saturated carbocycles. The molecule has 0 unspecified atom stereocenters. The van der Waals surface area contributed by atoms with E-state index in [1.165, 1.54) is 18.0 Å². The molecule has 1 saturated heterocycles. The number of sulfone groups is 1. The van der Waals surface area contributed by atoms with Gasteiger partial charge in [-0.15, -0.1) is 5.06 Å². The number of methoxy groups -OCH3 is 2. The number of nitrogens with zero attached hydrogens (tertiary/aromatic N) is 3. The van der Waals surface area contributed by atoms with Crippen LogP contribution in [-0.2, 0) is 29.0 Å². The predicted molar refractivity (Wildman–Crippen MR) is 180 cm³/mol. The van der Waals surface area contributed by atoms with E-state index in [2.05, 4.69) is 19.9 Å². The van der Waals surface area contributed by atoms with E-state index in [4.69, 9.17) is 10.5 Å². The first-order chi connectivity index (χ1) is 25.0. The molecule has 2 amide bonds. The van der Waals surface area contributed by atoms with Crippen LogP contribution < -0.4 is 20.9 Å². The van der Waals surface area contributed by atoms with Crippen molar-refractivity contribution in [2.75, 3.05) is 42.6 Å². The molecule has 3 N–H and O–H groups in total. The minimum Gasteiger partial charge on any atom is -0.494 e. The summed E-state index contributed by atoms with van der Waals surface area (Å²) < 4.78 is 106. The van der Waals surface area contributed by atoms with Gasteiger partial charge < -0.3 is 30.3 Å². The first kappa shape index (κ1) is 38.5. The molecule has 2 atom stereocenters. The van der Waals surface area contributed by atoms with Gasteiger partial charge in [0.2, 0.25) is 5.91 Å². The minimum absolute atomic E-state index is 0.0127. The average molecular weight is 766 g/mol. The summed E-state index contributed by atoms with van der Waals surface area (Å²) in [5.41, 5.74) is 5.27. The third-order valence-corrected chi connectivity index (χ3v) is 10.3. The fraction of sp³-hybridized carbons (Fsp3) is 0.294. The second-order valence-electron chi connectivity index (χ2n) is 11.7. The molecule has 3 aromatic carbocycles. The van der Waals surface area contributed by atoms with Gasteiger partial charge >= 0.3 is 18.2 Å². The molecule has 2 heterocycles. The van der Waals surface area contributed by atoms with Gasteiger partial charge in [0, 0.05) is 35.4 Å². The number of hydrogen-bond acceptors (Lipinski definition) is 11. The summed E-state index contributed by atoms with van der Waals surface area (Å²) in [6.45, 7) is 1.33. The molecule has 4 aromatic rings. The third kappa shape index (κ3) is 7.88. The Balaban J connectivity index is 1.64. The van der Waals surface area contributed by atoms with E-state index >= 15 is 4.39 Å². The monoisotopic (exact) mass is 765 g/mol. The van der Waals surface area contributed by atoms with E-state index in [0.29, 0.717) is 22.5 Å². The molecular weight excluding hydrogens is 733 g/mol. The van der Waals surface area contributed by atoms with Crippen molar-refractivity contribution in [1.29, 1.82) is 0 Å². The number of benzene rings is 3. The van der Waals surface area contributed by atoms with E-state index < -0.39 is 69.1 Å². The molecule has 0 radical (unpaired) electrons. The maximum absolute atomic E-state index is 15.6. The molecular formula is C34H32F5N5O8S. The van der Waals surface area contributed by atoms with Crippen LogP contribution in [0, 0.1) is 11.6 Å². The average Bonchev–Trinajstić information content (AvgIpc) is 3.62. The second-order valence-corrected chi connectivity index (χ2v) is 13.9. The van der Waals surface area contributed by atoms with Crippen LogP contribution in [0.25, 0.3) is 10.8 Å². The Morgan fingerprint density at radius 1 is 1.06 bits per heavy atom. The lowest BCUT2D eigenvalue weighted by molar-refractivity contribution is -0.200. The number of nitrogens with one attached hydrogen (secondary N) is 1. The number of nitrogens with two attached hydrogens (primary N) is 1. The number of ether oxygens (including phenoxy) is 2. The number of nitrogen functional groups attached to an aromatic ring is 1. The highest BCUT2D eigenvalue weighted by atomic mass is 32.2. The third-order valence-electron chi connectivity index (χ3n) is 8.52. The number of alkyl halides is 3. The van der Waals surface area contributed by atoms with Crippen molar-refractivity contribution in [3.63, 3.8) is 0 Å². The lowest BCUT2D eigenvalue weighted by atomic mass is 10.00. The number of carbonyl (C=O) groups excluding carboxylic acids is 3. The summed E-state index contributed by atoms with van der Waals surface area (Å²) in [7, 11) is -2.15. The topological polar surface area (TPSA) is 170 Å². The molecule has 53 heavy (non-hydrogen) atoms. The Labute approximate surface area is 299 Å². The Morgan fingerprint density at radius 2 is 1.79 bits per heavy atom. The SMILES string of the molecule is CCS(=O)(=O)c1ccc(N(OC(=O)C(F)(F)F)C(=O)OC)cc1[C@H]1CCCN1C(=O)[C@@H](Nc1ccc2c(N)nccc2c1)c1cc(OC)c(F)cc1F. The molecule has 0 aliphatic carbocycles. The highest BCUT2D eigenvalue weighted by Gasteiger charge is 2.44. The minimum atomic E-state index is -5.52.